The Morgan fingerprint density at radius 2 is 1.89 bits per heavy atom. The van der Waals surface area contributed by atoms with Crippen LogP contribution in [0.2, 0.25) is 0 Å². The Morgan fingerprint density at radius 1 is 1.14 bits per heavy atom. The van der Waals surface area contributed by atoms with Crippen molar-refractivity contribution in [3.63, 3.8) is 0 Å². The van der Waals surface area contributed by atoms with E-state index in [1.54, 1.807) is 13.8 Å². The first kappa shape index (κ1) is 19.5. The van der Waals surface area contributed by atoms with Crippen molar-refractivity contribution >= 4 is 11.8 Å². The van der Waals surface area contributed by atoms with E-state index < -0.39 is 0 Å². The van der Waals surface area contributed by atoms with Crippen LogP contribution in [0.5, 0.6) is 0 Å². The number of aliphatic hydroxyl groups is 1. The van der Waals surface area contributed by atoms with Crippen LogP contribution in [0.4, 0.5) is 0 Å². The molecular formula is C23H34N2O3. The molecule has 0 aromatic rings. The van der Waals surface area contributed by atoms with E-state index in [0.717, 1.165) is 44.2 Å². The molecule has 0 saturated heterocycles. The monoisotopic (exact) mass is 386 g/mol. The quantitative estimate of drug-likeness (QED) is 0.675. The summed E-state index contributed by atoms with van der Waals surface area (Å²) in [5, 5.41) is 16.5. The summed E-state index contributed by atoms with van der Waals surface area (Å²) in [6.07, 6.45) is 10.1. The molecule has 4 aliphatic carbocycles. The average Bonchev–Trinajstić information content (AvgIpc) is 2.92. The van der Waals surface area contributed by atoms with Gasteiger partial charge in [-0.15, -0.1) is 0 Å². The predicted molar refractivity (Wildman–Crippen MR) is 108 cm³/mol. The topological polar surface area (TPSA) is 78.4 Å². The van der Waals surface area contributed by atoms with E-state index >= 15 is 0 Å². The second-order valence-electron chi connectivity index (χ2n) is 10.1. The van der Waals surface area contributed by atoms with Gasteiger partial charge in [-0.25, -0.2) is 0 Å². The van der Waals surface area contributed by atoms with Gasteiger partial charge in [0.2, 0.25) is 11.8 Å². The van der Waals surface area contributed by atoms with Gasteiger partial charge in [-0.05, 0) is 67.3 Å². The summed E-state index contributed by atoms with van der Waals surface area (Å²) < 4.78 is 0. The van der Waals surface area contributed by atoms with Crippen molar-refractivity contribution < 1.29 is 14.7 Å². The predicted octanol–water partition coefficient (Wildman–Crippen LogP) is 3.83. The molecule has 0 spiro atoms. The standard InChI is InChI=1S/C23H34N2O3/c1-13(26)24-19-12-15-11-16(28)7-9-22(15,3)18-8-10-23(4)17(21(18)19)5-6-20(23)25-14(2)27/h6,11,15,17-19,21,28H,5,7-10,12H2,1-4H3,(H,24,26)(H,25,27)/t15-,17-,18-,19-,21-,22-,23-/m0/s1. The molecule has 0 radical (unpaired) electrons. The van der Waals surface area contributed by atoms with Gasteiger partial charge in [0.1, 0.15) is 0 Å². The molecule has 154 valence electrons. The minimum atomic E-state index is -0.0284. The molecule has 0 unspecified atom stereocenters. The summed E-state index contributed by atoms with van der Waals surface area (Å²) in [6, 6.07) is 0.123. The number of hydrogen-bond donors (Lipinski definition) is 3. The third-order valence-electron chi connectivity index (χ3n) is 8.59. The molecule has 0 aromatic carbocycles. The lowest BCUT2D eigenvalue weighted by Crippen LogP contribution is -2.61. The maximum Gasteiger partial charge on any atom is 0.221 e. The Hall–Kier alpha value is -1.78. The van der Waals surface area contributed by atoms with E-state index in [1.165, 1.54) is 0 Å². The van der Waals surface area contributed by atoms with Crippen molar-refractivity contribution in [2.24, 2.45) is 34.5 Å². The molecule has 0 aromatic heterocycles. The first-order chi connectivity index (χ1) is 13.1. The largest absolute Gasteiger partial charge is 0.513 e. The molecule has 28 heavy (non-hydrogen) atoms. The number of carbonyl (C=O) groups is 2. The van der Waals surface area contributed by atoms with Gasteiger partial charge in [-0.3, -0.25) is 9.59 Å². The first-order valence-electron chi connectivity index (χ1n) is 10.8. The zero-order valence-corrected chi connectivity index (χ0v) is 17.5. The molecule has 0 aliphatic heterocycles. The molecule has 3 N–H and O–H groups in total. The van der Waals surface area contributed by atoms with Crippen LogP contribution in [0, 0.1) is 34.5 Å². The van der Waals surface area contributed by atoms with E-state index in [0.29, 0.717) is 29.4 Å². The van der Waals surface area contributed by atoms with Gasteiger partial charge in [-0.1, -0.05) is 19.9 Å². The highest BCUT2D eigenvalue weighted by molar-refractivity contribution is 5.75. The minimum absolute atomic E-state index is 0.00257. The molecule has 7 atom stereocenters. The molecular weight excluding hydrogens is 352 g/mol. The molecule has 4 aliphatic rings. The third-order valence-corrected chi connectivity index (χ3v) is 8.59. The number of aliphatic hydroxyl groups excluding tert-OH is 1. The number of allylic oxidation sites excluding steroid dienone is 4. The van der Waals surface area contributed by atoms with E-state index in [1.807, 2.05) is 0 Å². The molecule has 2 saturated carbocycles. The van der Waals surface area contributed by atoms with Gasteiger partial charge in [0.25, 0.3) is 0 Å². The zero-order chi connectivity index (χ0) is 20.3. The molecule has 5 nitrogen and oxygen atoms in total. The summed E-state index contributed by atoms with van der Waals surface area (Å²) in [6.45, 7) is 7.89. The summed E-state index contributed by atoms with van der Waals surface area (Å²) in [4.78, 5) is 23.8. The fourth-order valence-electron chi connectivity index (χ4n) is 7.21. The van der Waals surface area contributed by atoms with Gasteiger partial charge in [0.15, 0.2) is 0 Å². The SMILES string of the molecule is CC(=O)NC1=CC[C@H]2[C@@H]3[C@@H](NC(C)=O)C[C@@H]4C=C(O)CC[C@]4(C)[C@H]3CC[C@]12C. The lowest BCUT2D eigenvalue weighted by molar-refractivity contribution is -0.127. The van der Waals surface area contributed by atoms with Crippen molar-refractivity contribution in [2.45, 2.75) is 72.3 Å². The molecule has 0 heterocycles. The number of carbonyl (C=O) groups excluding carboxylic acids is 2. The lowest BCUT2D eigenvalue weighted by atomic mass is 9.44. The number of hydrogen-bond acceptors (Lipinski definition) is 3. The highest BCUT2D eigenvalue weighted by Crippen LogP contribution is 2.65. The van der Waals surface area contributed by atoms with Gasteiger partial charge in [0.05, 0.1) is 5.76 Å². The van der Waals surface area contributed by atoms with Crippen LogP contribution in [0.3, 0.4) is 0 Å². The Balaban J connectivity index is 1.70. The highest BCUT2D eigenvalue weighted by Gasteiger charge is 2.61. The molecule has 5 heteroatoms. The van der Waals surface area contributed by atoms with Gasteiger partial charge in [-0.2, -0.15) is 0 Å². The highest BCUT2D eigenvalue weighted by atomic mass is 16.3. The second-order valence-corrected chi connectivity index (χ2v) is 10.1. The van der Waals surface area contributed by atoms with Crippen molar-refractivity contribution in [3.8, 4) is 0 Å². The van der Waals surface area contributed by atoms with Crippen LogP contribution in [0.15, 0.2) is 23.6 Å². The first-order valence-corrected chi connectivity index (χ1v) is 10.8. The lowest BCUT2D eigenvalue weighted by Gasteiger charge is -2.61. The molecule has 2 fully saturated rings. The van der Waals surface area contributed by atoms with Crippen LogP contribution in [-0.2, 0) is 9.59 Å². The van der Waals surface area contributed by atoms with E-state index in [2.05, 4.69) is 36.6 Å². The van der Waals surface area contributed by atoms with Crippen LogP contribution >= 0.6 is 0 Å². The fourth-order valence-corrected chi connectivity index (χ4v) is 7.21. The molecule has 0 bridgehead atoms. The summed E-state index contributed by atoms with van der Waals surface area (Å²) in [5.74, 6) is 2.21. The second kappa shape index (κ2) is 6.64. The summed E-state index contributed by atoms with van der Waals surface area (Å²) in [5.41, 5.74) is 1.22. The van der Waals surface area contributed by atoms with E-state index in [-0.39, 0.29) is 28.7 Å². The van der Waals surface area contributed by atoms with Crippen LogP contribution in [0.25, 0.3) is 0 Å². The molecule has 2 amide bonds. The Morgan fingerprint density at radius 3 is 2.57 bits per heavy atom. The van der Waals surface area contributed by atoms with Crippen LogP contribution in [-0.4, -0.2) is 23.0 Å². The Kier molecular flexibility index (Phi) is 4.63. The minimum Gasteiger partial charge on any atom is -0.513 e. The number of fused-ring (bicyclic) bond motifs is 5. The zero-order valence-electron chi connectivity index (χ0n) is 17.5. The van der Waals surface area contributed by atoms with Crippen LogP contribution in [0.1, 0.15) is 66.2 Å². The van der Waals surface area contributed by atoms with E-state index in [9.17, 15) is 14.7 Å². The molecule has 4 rings (SSSR count). The summed E-state index contributed by atoms with van der Waals surface area (Å²) in [7, 11) is 0. The third kappa shape index (κ3) is 2.89. The Labute approximate surface area is 168 Å². The maximum absolute atomic E-state index is 12.0. The fraction of sp³-hybridized carbons (Fsp3) is 0.739. The number of nitrogens with one attached hydrogen (secondary N) is 2. The average molecular weight is 387 g/mol. The normalized spacial score (nSPS) is 44.4. The van der Waals surface area contributed by atoms with Gasteiger partial charge >= 0.3 is 0 Å². The number of amides is 2. The summed E-state index contributed by atoms with van der Waals surface area (Å²) >= 11 is 0. The maximum atomic E-state index is 12.0. The van der Waals surface area contributed by atoms with Crippen molar-refractivity contribution in [3.05, 3.63) is 23.6 Å². The van der Waals surface area contributed by atoms with Crippen LogP contribution < -0.4 is 10.6 Å². The van der Waals surface area contributed by atoms with E-state index in [4.69, 9.17) is 0 Å². The van der Waals surface area contributed by atoms with Crippen molar-refractivity contribution in [1.82, 2.24) is 10.6 Å². The van der Waals surface area contributed by atoms with Gasteiger partial charge in [0, 0.05) is 37.4 Å². The van der Waals surface area contributed by atoms with Crippen molar-refractivity contribution in [1.29, 1.82) is 0 Å². The van der Waals surface area contributed by atoms with Crippen molar-refractivity contribution in [2.75, 3.05) is 0 Å². The number of rotatable bonds is 2. The van der Waals surface area contributed by atoms with Gasteiger partial charge < -0.3 is 15.7 Å². The Bertz CT molecular complexity index is 757. The smallest absolute Gasteiger partial charge is 0.221 e.